The van der Waals surface area contributed by atoms with Crippen LogP contribution in [0.25, 0.3) is 10.9 Å². The number of amides is 1. The van der Waals surface area contributed by atoms with Crippen LogP contribution in [0.3, 0.4) is 0 Å². The van der Waals surface area contributed by atoms with E-state index in [9.17, 15) is 4.79 Å². The Labute approximate surface area is 157 Å². The maximum Gasteiger partial charge on any atom is 0.252 e. The number of nitrogens with zero attached hydrogens (tertiary/aromatic N) is 2. The van der Waals surface area contributed by atoms with Crippen molar-refractivity contribution in [1.29, 1.82) is 0 Å². The van der Waals surface area contributed by atoms with E-state index < -0.39 is 0 Å². The molecule has 1 amide bonds. The van der Waals surface area contributed by atoms with Crippen molar-refractivity contribution in [2.75, 3.05) is 13.2 Å². The van der Waals surface area contributed by atoms with Crippen LogP contribution >= 0.6 is 0 Å². The van der Waals surface area contributed by atoms with E-state index in [0.29, 0.717) is 25.2 Å². The molecule has 1 N–H and O–H groups in total. The molecule has 0 bridgehead atoms. The van der Waals surface area contributed by atoms with Gasteiger partial charge in [-0.1, -0.05) is 23.4 Å². The zero-order valence-electron chi connectivity index (χ0n) is 15.8. The van der Waals surface area contributed by atoms with Gasteiger partial charge in [0.05, 0.1) is 36.0 Å². The van der Waals surface area contributed by atoms with Crippen LogP contribution in [0, 0.1) is 26.7 Å². The van der Waals surface area contributed by atoms with Crippen LogP contribution in [0.1, 0.15) is 33.1 Å². The molecule has 6 nitrogen and oxygen atoms in total. The minimum atomic E-state index is -0.0923. The molecular formula is C21H23N3O3. The van der Waals surface area contributed by atoms with Crippen LogP contribution < -0.4 is 5.32 Å². The summed E-state index contributed by atoms with van der Waals surface area (Å²) in [5, 5.41) is 7.97. The molecule has 0 saturated carbocycles. The molecule has 6 heteroatoms. The number of hydrogen-bond acceptors (Lipinski definition) is 5. The number of carbonyl (C=O) groups excluding carboxylic acids is 1. The standard InChI is InChI=1S/C21H23N3O3/c1-12-5-4-6-17-18(8-13(2)22-20(12)17)21(25)23-19-11-26-10-15(19)9-16-7-14(3)24-27-16/h4-8,15,19H,9-11H2,1-3H3,(H,23,25). The molecule has 27 heavy (non-hydrogen) atoms. The van der Waals surface area contributed by atoms with Crippen molar-refractivity contribution in [1.82, 2.24) is 15.5 Å². The summed E-state index contributed by atoms with van der Waals surface area (Å²) < 4.78 is 11.0. The van der Waals surface area contributed by atoms with E-state index in [1.54, 1.807) is 0 Å². The lowest BCUT2D eigenvalue weighted by molar-refractivity contribution is 0.0926. The molecule has 0 spiro atoms. The molecular weight excluding hydrogens is 342 g/mol. The number of hydrogen-bond donors (Lipinski definition) is 1. The number of rotatable bonds is 4. The summed E-state index contributed by atoms with van der Waals surface area (Å²) in [4.78, 5) is 17.6. The Morgan fingerprint density at radius 1 is 1.19 bits per heavy atom. The van der Waals surface area contributed by atoms with E-state index in [-0.39, 0.29) is 17.9 Å². The van der Waals surface area contributed by atoms with Crippen LogP contribution in [0.4, 0.5) is 0 Å². The van der Waals surface area contributed by atoms with Crippen LogP contribution in [0.5, 0.6) is 0 Å². The molecule has 2 atom stereocenters. The molecule has 1 aliphatic rings. The fourth-order valence-corrected chi connectivity index (χ4v) is 3.68. The van der Waals surface area contributed by atoms with Gasteiger partial charge in [0.25, 0.3) is 5.91 Å². The van der Waals surface area contributed by atoms with Gasteiger partial charge in [-0.15, -0.1) is 0 Å². The van der Waals surface area contributed by atoms with E-state index in [0.717, 1.165) is 33.6 Å². The molecule has 1 saturated heterocycles. The number of benzene rings is 1. The van der Waals surface area contributed by atoms with Gasteiger partial charge in [-0.3, -0.25) is 9.78 Å². The first-order valence-electron chi connectivity index (χ1n) is 9.19. The second kappa shape index (κ2) is 7.12. The maximum absolute atomic E-state index is 13.1. The van der Waals surface area contributed by atoms with Crippen molar-refractivity contribution in [3.05, 3.63) is 58.6 Å². The minimum absolute atomic E-state index is 0.0590. The first-order valence-corrected chi connectivity index (χ1v) is 9.19. The van der Waals surface area contributed by atoms with Gasteiger partial charge in [0.1, 0.15) is 5.76 Å². The van der Waals surface area contributed by atoms with E-state index in [1.807, 2.05) is 51.1 Å². The van der Waals surface area contributed by atoms with Gasteiger partial charge in [-0.2, -0.15) is 0 Å². The summed E-state index contributed by atoms with van der Waals surface area (Å²) in [6.07, 6.45) is 0.695. The van der Waals surface area contributed by atoms with Gasteiger partial charge >= 0.3 is 0 Å². The van der Waals surface area contributed by atoms with Gasteiger partial charge < -0.3 is 14.6 Å². The fraction of sp³-hybridized carbons (Fsp3) is 0.381. The van der Waals surface area contributed by atoms with Gasteiger partial charge in [0, 0.05) is 29.5 Å². The summed E-state index contributed by atoms with van der Waals surface area (Å²) in [6.45, 7) is 6.92. The lowest BCUT2D eigenvalue weighted by Crippen LogP contribution is -2.40. The highest BCUT2D eigenvalue weighted by molar-refractivity contribution is 6.06. The van der Waals surface area contributed by atoms with Gasteiger partial charge in [-0.05, 0) is 32.4 Å². The van der Waals surface area contributed by atoms with Crippen molar-refractivity contribution in [3.63, 3.8) is 0 Å². The number of para-hydroxylation sites is 1. The van der Waals surface area contributed by atoms with Gasteiger partial charge in [-0.25, -0.2) is 0 Å². The zero-order valence-corrected chi connectivity index (χ0v) is 15.8. The van der Waals surface area contributed by atoms with Gasteiger partial charge in [0.2, 0.25) is 0 Å². The van der Waals surface area contributed by atoms with Crippen molar-refractivity contribution in [3.8, 4) is 0 Å². The normalized spacial score (nSPS) is 19.5. The van der Waals surface area contributed by atoms with Crippen molar-refractivity contribution >= 4 is 16.8 Å². The highest BCUT2D eigenvalue weighted by Gasteiger charge is 2.31. The molecule has 2 unspecified atom stereocenters. The number of fused-ring (bicyclic) bond motifs is 1. The first-order chi connectivity index (χ1) is 13.0. The quantitative estimate of drug-likeness (QED) is 0.769. The predicted octanol–water partition coefficient (Wildman–Crippen LogP) is 3.14. The number of nitrogens with one attached hydrogen (secondary N) is 1. The molecule has 2 aromatic heterocycles. The molecule has 1 aromatic carbocycles. The Morgan fingerprint density at radius 2 is 2.04 bits per heavy atom. The highest BCUT2D eigenvalue weighted by Crippen LogP contribution is 2.24. The molecule has 1 fully saturated rings. The van der Waals surface area contributed by atoms with Crippen LogP contribution in [-0.4, -0.2) is 35.3 Å². The monoisotopic (exact) mass is 365 g/mol. The third kappa shape index (κ3) is 3.57. The third-order valence-corrected chi connectivity index (χ3v) is 5.07. The molecule has 3 aromatic rings. The zero-order chi connectivity index (χ0) is 19.0. The smallest absolute Gasteiger partial charge is 0.252 e. The summed E-state index contributed by atoms with van der Waals surface area (Å²) in [7, 11) is 0. The summed E-state index contributed by atoms with van der Waals surface area (Å²) in [5.74, 6) is 0.894. The van der Waals surface area contributed by atoms with E-state index in [1.165, 1.54) is 0 Å². The fourth-order valence-electron chi connectivity index (χ4n) is 3.68. The van der Waals surface area contributed by atoms with Crippen molar-refractivity contribution in [2.45, 2.75) is 33.2 Å². The Hall–Kier alpha value is -2.73. The van der Waals surface area contributed by atoms with Gasteiger partial charge in [0.15, 0.2) is 0 Å². The molecule has 1 aliphatic heterocycles. The number of aromatic nitrogens is 2. The number of carbonyl (C=O) groups is 1. The summed E-state index contributed by atoms with van der Waals surface area (Å²) in [5.41, 5.74) is 4.28. The Bertz CT molecular complexity index is 996. The Balaban J connectivity index is 1.56. The average molecular weight is 365 g/mol. The second-order valence-corrected chi connectivity index (χ2v) is 7.30. The number of pyridine rings is 1. The topological polar surface area (TPSA) is 77.2 Å². The lowest BCUT2D eigenvalue weighted by atomic mass is 9.97. The van der Waals surface area contributed by atoms with Crippen LogP contribution in [0.15, 0.2) is 34.9 Å². The molecule has 0 radical (unpaired) electrons. The van der Waals surface area contributed by atoms with E-state index in [4.69, 9.17) is 9.26 Å². The maximum atomic E-state index is 13.1. The second-order valence-electron chi connectivity index (χ2n) is 7.30. The van der Waals surface area contributed by atoms with Crippen molar-refractivity contribution < 1.29 is 14.1 Å². The number of ether oxygens (including phenoxy) is 1. The number of aryl methyl sites for hydroxylation is 3. The lowest BCUT2D eigenvalue weighted by Gasteiger charge is -2.19. The molecule has 4 rings (SSSR count). The third-order valence-electron chi connectivity index (χ3n) is 5.07. The minimum Gasteiger partial charge on any atom is -0.379 e. The molecule has 140 valence electrons. The Kier molecular flexibility index (Phi) is 4.66. The van der Waals surface area contributed by atoms with Crippen LogP contribution in [0.2, 0.25) is 0 Å². The predicted molar refractivity (Wildman–Crippen MR) is 102 cm³/mol. The summed E-state index contributed by atoms with van der Waals surface area (Å²) >= 11 is 0. The average Bonchev–Trinajstić information content (AvgIpc) is 3.24. The highest BCUT2D eigenvalue weighted by atomic mass is 16.5. The van der Waals surface area contributed by atoms with Crippen LogP contribution in [-0.2, 0) is 11.2 Å². The van der Waals surface area contributed by atoms with Crippen molar-refractivity contribution in [2.24, 2.45) is 5.92 Å². The molecule has 0 aliphatic carbocycles. The van der Waals surface area contributed by atoms with E-state index in [2.05, 4.69) is 15.5 Å². The summed E-state index contributed by atoms with van der Waals surface area (Å²) in [6, 6.07) is 9.64. The first kappa shape index (κ1) is 17.7. The van der Waals surface area contributed by atoms with E-state index >= 15 is 0 Å². The largest absolute Gasteiger partial charge is 0.379 e. The Morgan fingerprint density at radius 3 is 2.81 bits per heavy atom. The molecule has 3 heterocycles. The SMILES string of the molecule is Cc1cc(CC2COCC2NC(=O)c2cc(C)nc3c(C)cccc23)on1.